The number of Topliss-reactive ketones (excluding diaryl/α,β-unsaturated/α-hetero) is 1. The number of carbonyl (C=O) groups excluding carboxylic acids is 3. The summed E-state index contributed by atoms with van der Waals surface area (Å²) in [5.74, 6) is -1.25. The highest BCUT2D eigenvalue weighted by molar-refractivity contribution is 6.00. The molecule has 0 radical (unpaired) electrons. The predicted molar refractivity (Wildman–Crippen MR) is 91.8 cm³/mol. The first-order chi connectivity index (χ1) is 12.5. The number of alkyl halides is 2. The summed E-state index contributed by atoms with van der Waals surface area (Å²) in [4.78, 5) is 35.4. The van der Waals surface area contributed by atoms with E-state index in [0.29, 0.717) is 0 Å². The fourth-order valence-electron chi connectivity index (χ4n) is 1.93. The van der Waals surface area contributed by atoms with Gasteiger partial charge in [0.2, 0.25) is 5.78 Å². The molecule has 0 aliphatic heterocycles. The first-order valence-corrected chi connectivity index (χ1v) is 8.23. The quantitative estimate of drug-likeness (QED) is 0.544. The number of hydrogen-bond acceptors (Lipinski definition) is 6. The van der Waals surface area contributed by atoms with E-state index < -0.39 is 36.2 Å². The van der Waals surface area contributed by atoms with Crippen LogP contribution >= 0.6 is 0 Å². The lowest BCUT2D eigenvalue weighted by molar-refractivity contribution is -0.146. The van der Waals surface area contributed by atoms with Gasteiger partial charge in [-0.25, -0.2) is 4.79 Å². The van der Waals surface area contributed by atoms with Crippen LogP contribution in [0, 0.1) is 0 Å². The van der Waals surface area contributed by atoms with Crippen molar-refractivity contribution in [2.75, 3.05) is 6.54 Å². The van der Waals surface area contributed by atoms with Gasteiger partial charge in [-0.3, -0.25) is 9.59 Å². The normalized spacial score (nSPS) is 12.3. The topological polar surface area (TPSA) is 90.9 Å². The van der Waals surface area contributed by atoms with E-state index in [-0.39, 0.29) is 24.3 Å². The Kier molecular flexibility index (Phi) is 8.14. The third-order valence-corrected chi connectivity index (χ3v) is 3.04. The van der Waals surface area contributed by atoms with Gasteiger partial charge in [0.1, 0.15) is 11.4 Å². The molecule has 0 heterocycles. The molecule has 27 heavy (non-hydrogen) atoms. The maximum absolute atomic E-state index is 12.2. The van der Waals surface area contributed by atoms with Crippen LogP contribution in [0.2, 0.25) is 0 Å². The zero-order valence-electron chi connectivity index (χ0n) is 15.6. The van der Waals surface area contributed by atoms with Crippen LogP contribution in [0.15, 0.2) is 24.3 Å². The summed E-state index contributed by atoms with van der Waals surface area (Å²) in [6.45, 7) is 3.56. The maximum Gasteiger partial charge on any atom is 0.407 e. The standard InChI is InChI=1S/C18H23F2NO6/c1-11(15(23)12-5-7-13(8-6-12)26-16(19)20)25-14(22)9-10-21-17(24)27-18(2,3)4/h5-8,11,16H,9-10H2,1-4H3,(H,21,24)/t11-/m0/s1. The summed E-state index contributed by atoms with van der Waals surface area (Å²) in [5, 5.41) is 2.40. The molecule has 0 fully saturated rings. The van der Waals surface area contributed by atoms with Crippen LogP contribution in [0.25, 0.3) is 0 Å². The molecule has 1 amide bonds. The van der Waals surface area contributed by atoms with Gasteiger partial charge in [0.05, 0.1) is 6.42 Å². The highest BCUT2D eigenvalue weighted by Crippen LogP contribution is 2.16. The summed E-state index contributed by atoms with van der Waals surface area (Å²) in [6.07, 6.45) is -1.87. The SMILES string of the molecule is C[C@H](OC(=O)CCNC(=O)OC(C)(C)C)C(=O)c1ccc(OC(F)F)cc1. The molecule has 1 aromatic rings. The van der Waals surface area contributed by atoms with E-state index in [2.05, 4.69) is 10.1 Å². The summed E-state index contributed by atoms with van der Waals surface area (Å²) in [5.41, 5.74) is -0.467. The summed E-state index contributed by atoms with van der Waals surface area (Å²) < 4.78 is 38.4. The van der Waals surface area contributed by atoms with Crippen LogP contribution in [0.1, 0.15) is 44.5 Å². The molecular formula is C18H23F2NO6. The molecular weight excluding hydrogens is 364 g/mol. The number of alkyl carbamates (subject to hydrolysis) is 1. The van der Waals surface area contributed by atoms with Crippen molar-refractivity contribution in [1.82, 2.24) is 5.32 Å². The van der Waals surface area contributed by atoms with Gasteiger partial charge in [-0.2, -0.15) is 8.78 Å². The molecule has 0 aliphatic carbocycles. The van der Waals surface area contributed by atoms with E-state index in [1.807, 2.05) is 0 Å². The average molecular weight is 387 g/mol. The Balaban J connectivity index is 2.43. The Morgan fingerprint density at radius 2 is 1.70 bits per heavy atom. The minimum atomic E-state index is -2.96. The monoisotopic (exact) mass is 387 g/mol. The van der Waals surface area contributed by atoms with Crippen LogP contribution in [0.4, 0.5) is 13.6 Å². The van der Waals surface area contributed by atoms with Gasteiger partial charge in [-0.15, -0.1) is 0 Å². The molecule has 0 bridgehead atoms. The molecule has 0 saturated heterocycles. The number of ether oxygens (including phenoxy) is 3. The molecule has 0 aromatic heterocycles. The fraction of sp³-hybridized carbons (Fsp3) is 0.500. The van der Waals surface area contributed by atoms with Crippen LogP contribution in [-0.2, 0) is 14.3 Å². The van der Waals surface area contributed by atoms with E-state index in [1.165, 1.54) is 31.2 Å². The van der Waals surface area contributed by atoms with Crippen molar-refractivity contribution in [3.63, 3.8) is 0 Å². The third kappa shape index (κ3) is 8.98. The summed E-state index contributed by atoms with van der Waals surface area (Å²) in [6, 6.07) is 5.04. The molecule has 0 aliphatic rings. The number of rotatable bonds is 8. The van der Waals surface area contributed by atoms with E-state index in [9.17, 15) is 23.2 Å². The molecule has 150 valence electrons. The van der Waals surface area contributed by atoms with E-state index >= 15 is 0 Å². The van der Waals surface area contributed by atoms with Gasteiger partial charge < -0.3 is 19.5 Å². The minimum Gasteiger partial charge on any atom is -0.454 e. The Labute approximate surface area is 156 Å². The van der Waals surface area contributed by atoms with E-state index in [0.717, 1.165) is 0 Å². The van der Waals surface area contributed by atoms with Gasteiger partial charge in [0.25, 0.3) is 0 Å². The van der Waals surface area contributed by atoms with Gasteiger partial charge in [0, 0.05) is 12.1 Å². The third-order valence-electron chi connectivity index (χ3n) is 3.04. The number of carbonyl (C=O) groups is 3. The first-order valence-electron chi connectivity index (χ1n) is 8.23. The second-order valence-corrected chi connectivity index (χ2v) is 6.58. The van der Waals surface area contributed by atoms with Crippen LogP contribution in [0.3, 0.4) is 0 Å². The molecule has 1 N–H and O–H groups in total. The van der Waals surface area contributed by atoms with Crippen molar-refractivity contribution in [3.8, 4) is 5.75 Å². The number of amides is 1. The van der Waals surface area contributed by atoms with Crippen LogP contribution in [0.5, 0.6) is 5.75 Å². The number of ketones is 1. The lowest BCUT2D eigenvalue weighted by Gasteiger charge is -2.19. The van der Waals surface area contributed by atoms with E-state index in [4.69, 9.17) is 9.47 Å². The Hall–Kier alpha value is -2.71. The van der Waals surface area contributed by atoms with Gasteiger partial charge in [-0.05, 0) is 52.0 Å². The van der Waals surface area contributed by atoms with Crippen molar-refractivity contribution in [2.45, 2.75) is 52.4 Å². The van der Waals surface area contributed by atoms with Crippen molar-refractivity contribution in [1.29, 1.82) is 0 Å². The first kappa shape index (κ1) is 22.3. The highest BCUT2D eigenvalue weighted by Gasteiger charge is 2.20. The Bertz CT molecular complexity index is 655. The molecule has 7 nitrogen and oxygen atoms in total. The van der Waals surface area contributed by atoms with Crippen molar-refractivity contribution < 1.29 is 37.4 Å². The van der Waals surface area contributed by atoms with Crippen molar-refractivity contribution in [3.05, 3.63) is 29.8 Å². The molecule has 1 atom stereocenters. The second kappa shape index (κ2) is 9.84. The Morgan fingerprint density at radius 1 is 1.11 bits per heavy atom. The maximum atomic E-state index is 12.2. The fourth-order valence-corrected chi connectivity index (χ4v) is 1.93. The molecule has 0 spiro atoms. The number of nitrogens with one attached hydrogen (secondary N) is 1. The smallest absolute Gasteiger partial charge is 0.407 e. The van der Waals surface area contributed by atoms with Crippen molar-refractivity contribution in [2.24, 2.45) is 0 Å². The molecule has 1 rings (SSSR count). The minimum absolute atomic E-state index is 0.00563. The largest absolute Gasteiger partial charge is 0.454 e. The van der Waals surface area contributed by atoms with Crippen molar-refractivity contribution >= 4 is 17.8 Å². The highest BCUT2D eigenvalue weighted by atomic mass is 19.3. The number of halogens is 2. The summed E-state index contributed by atoms with van der Waals surface area (Å²) in [7, 11) is 0. The number of esters is 1. The lowest BCUT2D eigenvalue weighted by atomic mass is 10.1. The van der Waals surface area contributed by atoms with Gasteiger partial charge in [-0.1, -0.05) is 0 Å². The predicted octanol–water partition coefficient (Wildman–Crippen LogP) is 3.32. The van der Waals surface area contributed by atoms with Crippen LogP contribution < -0.4 is 10.1 Å². The van der Waals surface area contributed by atoms with Gasteiger partial charge >= 0.3 is 18.7 Å². The molecule has 9 heteroatoms. The average Bonchev–Trinajstić information content (AvgIpc) is 2.52. The molecule has 0 saturated carbocycles. The zero-order valence-corrected chi connectivity index (χ0v) is 15.6. The van der Waals surface area contributed by atoms with Crippen LogP contribution in [-0.4, -0.2) is 42.7 Å². The Morgan fingerprint density at radius 3 is 2.22 bits per heavy atom. The molecule has 1 aromatic carbocycles. The number of benzene rings is 1. The lowest BCUT2D eigenvalue weighted by Crippen LogP contribution is -2.34. The number of hydrogen-bond donors (Lipinski definition) is 1. The second-order valence-electron chi connectivity index (χ2n) is 6.58. The summed E-state index contributed by atoms with van der Waals surface area (Å²) >= 11 is 0. The van der Waals surface area contributed by atoms with E-state index in [1.54, 1.807) is 20.8 Å². The zero-order chi connectivity index (χ0) is 20.6. The van der Waals surface area contributed by atoms with Gasteiger partial charge in [0.15, 0.2) is 6.10 Å². The molecule has 0 unspecified atom stereocenters.